The van der Waals surface area contributed by atoms with Gasteiger partial charge in [0.25, 0.3) is 11.4 Å². The molecule has 1 aromatic rings. The molecule has 32 heavy (non-hydrogen) atoms. The summed E-state index contributed by atoms with van der Waals surface area (Å²) in [6.07, 6.45) is -40.9. The zero-order chi connectivity index (χ0) is 25.6. The van der Waals surface area contributed by atoms with E-state index >= 15 is 0 Å². The first kappa shape index (κ1) is 27.7. The molecule has 0 fully saturated rings. The first-order chi connectivity index (χ1) is 14.0. The lowest BCUT2D eigenvalue weighted by Gasteiger charge is -2.43. The number of hydrogen-bond donors (Lipinski definition) is 0. The van der Waals surface area contributed by atoms with Gasteiger partial charge in [-0.2, -0.15) is 70.2 Å². The van der Waals surface area contributed by atoms with E-state index in [1.165, 1.54) is 0 Å². The number of rotatable bonds is 4. The van der Waals surface area contributed by atoms with Crippen LogP contribution < -0.4 is 0 Å². The maximum absolute atomic E-state index is 13.8. The van der Waals surface area contributed by atoms with E-state index < -0.39 is 59.5 Å². The van der Waals surface area contributed by atoms with Crippen LogP contribution in [0.25, 0.3) is 0 Å². The smallest absolute Gasteiger partial charge is 0.427 e. The fourth-order valence-corrected chi connectivity index (χ4v) is 2.51. The Bertz CT molecular complexity index is 754. The molecule has 184 valence electrons. The van der Waals surface area contributed by atoms with E-state index in [1.807, 2.05) is 0 Å². The summed E-state index contributed by atoms with van der Waals surface area (Å²) >= 11 is 0. The van der Waals surface area contributed by atoms with Gasteiger partial charge < -0.3 is 4.74 Å². The van der Waals surface area contributed by atoms with Crippen molar-refractivity contribution in [2.45, 2.75) is 37.0 Å². The van der Waals surface area contributed by atoms with Crippen LogP contribution in [0.15, 0.2) is 41.9 Å². The van der Waals surface area contributed by atoms with E-state index in [4.69, 9.17) is 0 Å². The van der Waals surface area contributed by atoms with Crippen LogP contribution in [0.3, 0.4) is 0 Å². The standard InChI is InChI=1S/C15H6F16O/c16-9(7(11(17,18)19)12(20,21)22)32-8(6-4-2-1-3-5-6)10(13(23,24)25,14(26,27)28)15(29,30)31/h1-5,8H. The Labute approximate surface area is 166 Å². The lowest BCUT2D eigenvalue weighted by atomic mass is 9.76. The van der Waals surface area contributed by atoms with Crippen molar-refractivity contribution in [3.63, 3.8) is 0 Å². The Morgan fingerprint density at radius 3 is 1.22 bits per heavy atom. The summed E-state index contributed by atoms with van der Waals surface area (Å²) in [6, 6.07) is -2.36. The minimum atomic E-state index is -7.49. The van der Waals surface area contributed by atoms with Crippen molar-refractivity contribution in [1.29, 1.82) is 0 Å². The molecule has 1 rings (SSSR count). The fourth-order valence-electron chi connectivity index (χ4n) is 2.51. The highest BCUT2D eigenvalue weighted by atomic mass is 19.4. The van der Waals surface area contributed by atoms with E-state index in [1.54, 1.807) is 0 Å². The van der Waals surface area contributed by atoms with Crippen molar-refractivity contribution in [3.8, 4) is 0 Å². The SMILES string of the molecule is FC(OC(c1ccccc1)C(C(F)(F)F)(C(F)(F)F)C(F)(F)F)=C(C(F)(F)F)C(F)(F)F. The summed E-state index contributed by atoms with van der Waals surface area (Å²) < 4.78 is 212. The molecule has 0 aliphatic heterocycles. The molecule has 0 aliphatic carbocycles. The van der Waals surface area contributed by atoms with Gasteiger partial charge in [0.2, 0.25) is 5.57 Å². The third kappa shape index (κ3) is 5.00. The van der Waals surface area contributed by atoms with Crippen LogP contribution in [0.2, 0.25) is 0 Å². The van der Waals surface area contributed by atoms with Gasteiger partial charge in [-0.3, -0.25) is 0 Å². The minimum absolute atomic E-state index is 0.0246. The summed E-state index contributed by atoms with van der Waals surface area (Å²) in [5.74, 6) is 0. The predicted octanol–water partition coefficient (Wildman–Crippen LogP) is 7.72. The van der Waals surface area contributed by atoms with Gasteiger partial charge in [-0.25, -0.2) is 0 Å². The highest BCUT2D eigenvalue weighted by Crippen LogP contribution is 2.66. The predicted molar refractivity (Wildman–Crippen MR) is 71.1 cm³/mol. The average Bonchev–Trinajstić information content (AvgIpc) is 2.48. The van der Waals surface area contributed by atoms with Crippen LogP contribution in [0, 0.1) is 5.41 Å². The molecule has 0 radical (unpaired) electrons. The fraction of sp³-hybridized carbons (Fsp3) is 0.467. The van der Waals surface area contributed by atoms with Gasteiger partial charge in [0.15, 0.2) is 6.10 Å². The Morgan fingerprint density at radius 1 is 0.594 bits per heavy atom. The van der Waals surface area contributed by atoms with Crippen LogP contribution in [-0.4, -0.2) is 30.9 Å². The van der Waals surface area contributed by atoms with Crippen LogP contribution in [0.5, 0.6) is 0 Å². The summed E-state index contributed by atoms with van der Waals surface area (Å²) in [7, 11) is 0. The molecular weight excluding hydrogens is 500 g/mol. The first-order valence-electron chi connectivity index (χ1n) is 7.45. The van der Waals surface area contributed by atoms with Crippen molar-refractivity contribution in [1.82, 2.24) is 0 Å². The second-order valence-corrected chi connectivity index (χ2v) is 5.85. The van der Waals surface area contributed by atoms with E-state index in [-0.39, 0.29) is 12.1 Å². The Balaban J connectivity index is 4.10. The lowest BCUT2D eigenvalue weighted by Crippen LogP contribution is -2.63. The molecule has 1 nitrogen and oxygen atoms in total. The summed E-state index contributed by atoms with van der Waals surface area (Å²) in [5.41, 5.74) is -13.4. The number of allylic oxidation sites excluding steroid dienone is 1. The monoisotopic (exact) mass is 506 g/mol. The average molecular weight is 506 g/mol. The van der Waals surface area contributed by atoms with Crippen molar-refractivity contribution in [3.05, 3.63) is 47.5 Å². The van der Waals surface area contributed by atoms with E-state index in [0.717, 1.165) is 6.07 Å². The summed E-state index contributed by atoms with van der Waals surface area (Å²) in [5, 5.41) is 0. The molecule has 0 amide bonds. The van der Waals surface area contributed by atoms with Crippen LogP contribution in [0.4, 0.5) is 70.2 Å². The quantitative estimate of drug-likeness (QED) is 0.300. The van der Waals surface area contributed by atoms with Gasteiger partial charge in [0.05, 0.1) is 0 Å². The molecular formula is C15H6F16O. The first-order valence-corrected chi connectivity index (χ1v) is 7.45. The van der Waals surface area contributed by atoms with Crippen molar-refractivity contribution in [2.75, 3.05) is 0 Å². The highest BCUT2D eigenvalue weighted by Gasteiger charge is 2.88. The third-order valence-corrected chi connectivity index (χ3v) is 3.82. The number of alkyl halides is 15. The summed E-state index contributed by atoms with van der Waals surface area (Å²) in [6.45, 7) is 0. The van der Waals surface area contributed by atoms with Crippen LogP contribution in [0.1, 0.15) is 11.7 Å². The molecule has 0 aliphatic rings. The molecule has 0 saturated carbocycles. The van der Waals surface area contributed by atoms with Gasteiger partial charge >= 0.3 is 30.9 Å². The molecule has 0 saturated heterocycles. The van der Waals surface area contributed by atoms with Gasteiger partial charge in [-0.1, -0.05) is 30.3 Å². The van der Waals surface area contributed by atoms with Crippen molar-refractivity contribution in [2.24, 2.45) is 5.41 Å². The molecule has 0 N–H and O–H groups in total. The van der Waals surface area contributed by atoms with E-state index in [0.29, 0.717) is 12.1 Å². The Morgan fingerprint density at radius 2 is 0.938 bits per heavy atom. The molecule has 0 bridgehead atoms. The maximum Gasteiger partial charge on any atom is 0.427 e. The second-order valence-electron chi connectivity index (χ2n) is 5.85. The molecule has 1 aromatic carbocycles. The Kier molecular flexibility index (Phi) is 7.10. The van der Waals surface area contributed by atoms with E-state index in [2.05, 4.69) is 4.74 Å². The normalized spacial score (nSPS) is 15.4. The third-order valence-electron chi connectivity index (χ3n) is 3.82. The molecule has 0 spiro atoms. The zero-order valence-electron chi connectivity index (χ0n) is 14.4. The molecule has 1 unspecified atom stereocenters. The van der Waals surface area contributed by atoms with Gasteiger partial charge in [-0.15, -0.1) is 0 Å². The molecule has 1 atom stereocenters. The molecule has 0 heterocycles. The second kappa shape index (κ2) is 8.20. The number of hydrogen-bond acceptors (Lipinski definition) is 1. The summed E-state index contributed by atoms with van der Waals surface area (Å²) in [4.78, 5) is 0. The number of benzene rings is 1. The number of halogens is 16. The molecule has 17 heteroatoms. The largest absolute Gasteiger partial charge is 0.460 e. The Hall–Kier alpha value is -2.36. The van der Waals surface area contributed by atoms with Gasteiger partial charge in [-0.05, 0) is 5.56 Å². The minimum Gasteiger partial charge on any atom is -0.460 e. The zero-order valence-corrected chi connectivity index (χ0v) is 14.4. The van der Waals surface area contributed by atoms with Gasteiger partial charge in [0.1, 0.15) is 0 Å². The maximum atomic E-state index is 13.8. The van der Waals surface area contributed by atoms with Crippen LogP contribution >= 0.6 is 0 Å². The van der Waals surface area contributed by atoms with Crippen molar-refractivity contribution >= 4 is 0 Å². The topological polar surface area (TPSA) is 9.23 Å². The van der Waals surface area contributed by atoms with Crippen molar-refractivity contribution < 1.29 is 75.0 Å². The highest BCUT2D eigenvalue weighted by molar-refractivity contribution is 5.25. The molecule has 0 aromatic heterocycles. The van der Waals surface area contributed by atoms with E-state index in [9.17, 15) is 70.2 Å². The number of ether oxygens (including phenoxy) is 1. The lowest BCUT2D eigenvalue weighted by molar-refractivity contribution is -0.451. The van der Waals surface area contributed by atoms with Crippen LogP contribution in [-0.2, 0) is 4.74 Å². The van der Waals surface area contributed by atoms with Gasteiger partial charge in [0, 0.05) is 0 Å².